The van der Waals surface area contributed by atoms with Crippen LogP contribution in [-0.4, -0.2) is 55.6 Å². The molecular weight excluding hydrogens is 446 g/mol. The number of hydrogen-bond acceptors (Lipinski definition) is 4. The fraction of sp³-hybridized carbons (Fsp3) is 0.500. The molecule has 2 N–H and O–H groups in total. The van der Waals surface area contributed by atoms with E-state index in [-0.39, 0.29) is 27.9 Å². The summed E-state index contributed by atoms with van der Waals surface area (Å²) in [4.78, 5) is 27.9. The smallest absolute Gasteiger partial charge is 0.270 e. The summed E-state index contributed by atoms with van der Waals surface area (Å²) in [5.41, 5.74) is 2.05. The van der Waals surface area contributed by atoms with Crippen molar-refractivity contribution in [3.05, 3.63) is 58.4 Å². The van der Waals surface area contributed by atoms with Gasteiger partial charge in [-0.3, -0.25) is 9.59 Å². The Morgan fingerprint density at radius 2 is 1.91 bits per heavy atom. The van der Waals surface area contributed by atoms with E-state index in [0.29, 0.717) is 42.6 Å². The second-order valence-corrected chi connectivity index (χ2v) is 11.9. The van der Waals surface area contributed by atoms with Crippen molar-refractivity contribution < 1.29 is 14.7 Å². The van der Waals surface area contributed by atoms with Crippen LogP contribution >= 0.6 is 23.4 Å². The fourth-order valence-electron chi connectivity index (χ4n) is 4.29. The quantitative estimate of drug-likeness (QED) is 0.575. The number of rotatable bonds is 9. The van der Waals surface area contributed by atoms with Crippen molar-refractivity contribution in [2.45, 2.75) is 55.7 Å². The lowest BCUT2D eigenvalue weighted by molar-refractivity contribution is 0.0699. The van der Waals surface area contributed by atoms with Crippen molar-refractivity contribution in [2.24, 2.45) is 0 Å². The van der Waals surface area contributed by atoms with E-state index in [1.165, 1.54) is 0 Å². The van der Waals surface area contributed by atoms with Gasteiger partial charge in [0.2, 0.25) is 0 Å². The van der Waals surface area contributed by atoms with Crippen LogP contribution in [0.2, 0.25) is 5.02 Å². The number of carbonyl (C=O) groups excluding carboxylic acids is 2. The van der Waals surface area contributed by atoms with Crippen molar-refractivity contribution in [3.8, 4) is 0 Å². The number of hydrogen-bond donors (Lipinski definition) is 2. The van der Waals surface area contributed by atoms with Crippen LogP contribution in [0.15, 0.2) is 36.4 Å². The van der Waals surface area contributed by atoms with Gasteiger partial charge in [0.1, 0.15) is 11.4 Å². The van der Waals surface area contributed by atoms with Gasteiger partial charge in [-0.25, -0.2) is 0 Å². The lowest BCUT2D eigenvalue weighted by Gasteiger charge is -2.35. The lowest BCUT2D eigenvalue weighted by atomic mass is 10.1. The average Bonchev–Trinajstić information content (AvgIpc) is 3.33. The van der Waals surface area contributed by atoms with Gasteiger partial charge in [0, 0.05) is 47.3 Å². The van der Waals surface area contributed by atoms with Crippen molar-refractivity contribution in [1.82, 2.24) is 14.8 Å². The highest BCUT2D eigenvalue weighted by Gasteiger charge is 2.49. The molecular formula is C24H30ClN3O3S. The van der Waals surface area contributed by atoms with Crippen molar-refractivity contribution >= 4 is 35.2 Å². The predicted octanol–water partition coefficient (Wildman–Crippen LogP) is 3.95. The Balaban J connectivity index is 1.39. The van der Waals surface area contributed by atoms with Crippen LogP contribution in [0.25, 0.3) is 0 Å². The van der Waals surface area contributed by atoms with Gasteiger partial charge in [-0.1, -0.05) is 37.6 Å². The first-order valence-corrected chi connectivity index (χ1v) is 12.2. The van der Waals surface area contributed by atoms with E-state index >= 15 is 0 Å². The minimum Gasteiger partial charge on any atom is -0.396 e. The van der Waals surface area contributed by atoms with E-state index in [9.17, 15) is 14.7 Å². The summed E-state index contributed by atoms with van der Waals surface area (Å²) in [6.07, 6.45) is 2.93. The molecule has 2 heterocycles. The molecule has 0 saturated heterocycles. The molecule has 32 heavy (non-hydrogen) atoms. The van der Waals surface area contributed by atoms with Crippen LogP contribution in [0.4, 0.5) is 0 Å². The molecule has 0 radical (unpaired) electrons. The standard InChI is InChI=1S/C24H30ClN3O3S/c1-23(2,11-14-29)32-24(9-10-24)16-27-12-13-28-19(7-8-20(28)22(27)31)21(30)26-15-17-3-5-18(25)6-4-17/h3-8,29H,9-16H2,1-2H3,(H,26,30). The number of nitrogens with zero attached hydrogens (tertiary/aromatic N) is 2. The summed E-state index contributed by atoms with van der Waals surface area (Å²) in [6, 6.07) is 10.8. The summed E-state index contributed by atoms with van der Waals surface area (Å²) in [5, 5.41) is 12.9. The summed E-state index contributed by atoms with van der Waals surface area (Å²) >= 11 is 7.81. The number of carbonyl (C=O) groups is 2. The molecule has 0 atom stereocenters. The third-order valence-corrected chi connectivity index (χ3v) is 8.15. The zero-order valence-electron chi connectivity index (χ0n) is 18.6. The first-order chi connectivity index (χ1) is 15.2. The first kappa shape index (κ1) is 23.2. The van der Waals surface area contributed by atoms with Crippen molar-refractivity contribution in [2.75, 3.05) is 19.7 Å². The van der Waals surface area contributed by atoms with Gasteiger partial charge < -0.3 is 19.9 Å². The normalized spacial score (nSPS) is 17.2. The fourth-order valence-corrected chi connectivity index (χ4v) is 6.31. The number of amides is 2. The van der Waals surface area contributed by atoms with Gasteiger partial charge in [-0.2, -0.15) is 0 Å². The highest BCUT2D eigenvalue weighted by atomic mass is 35.5. The Hall–Kier alpha value is -1.96. The molecule has 1 aliphatic carbocycles. The Kier molecular flexibility index (Phi) is 6.61. The van der Waals surface area contributed by atoms with Gasteiger partial charge in [0.15, 0.2) is 0 Å². The monoisotopic (exact) mass is 475 g/mol. The summed E-state index contributed by atoms with van der Waals surface area (Å²) in [7, 11) is 0. The van der Waals surface area contributed by atoms with Gasteiger partial charge in [0.25, 0.3) is 11.8 Å². The van der Waals surface area contributed by atoms with Crippen LogP contribution in [0.5, 0.6) is 0 Å². The maximum atomic E-state index is 13.2. The van der Waals surface area contributed by atoms with Crippen LogP contribution < -0.4 is 5.32 Å². The molecule has 172 valence electrons. The number of nitrogens with one attached hydrogen (secondary N) is 1. The second-order valence-electron chi connectivity index (χ2n) is 9.31. The van der Waals surface area contributed by atoms with E-state index in [1.54, 1.807) is 24.3 Å². The van der Waals surface area contributed by atoms with Gasteiger partial charge in [-0.05, 0) is 49.1 Å². The van der Waals surface area contributed by atoms with Gasteiger partial charge >= 0.3 is 0 Å². The summed E-state index contributed by atoms with van der Waals surface area (Å²) in [6.45, 7) is 6.82. The third kappa shape index (κ3) is 5.16. The maximum Gasteiger partial charge on any atom is 0.270 e. The first-order valence-electron chi connectivity index (χ1n) is 11.0. The molecule has 0 bridgehead atoms. The minimum atomic E-state index is -0.188. The molecule has 2 aliphatic rings. The number of thioether (sulfide) groups is 1. The molecule has 2 aromatic rings. The zero-order valence-corrected chi connectivity index (χ0v) is 20.1. The minimum absolute atomic E-state index is 0.0140. The Bertz CT molecular complexity index is 998. The molecule has 6 nitrogen and oxygen atoms in total. The Morgan fingerprint density at radius 1 is 1.19 bits per heavy atom. The predicted molar refractivity (Wildman–Crippen MR) is 128 cm³/mol. The topological polar surface area (TPSA) is 74.6 Å². The molecule has 4 rings (SSSR count). The lowest BCUT2D eigenvalue weighted by Crippen LogP contribution is -2.45. The van der Waals surface area contributed by atoms with Crippen LogP contribution in [0.1, 0.15) is 59.7 Å². The second kappa shape index (κ2) is 9.12. The Morgan fingerprint density at radius 3 is 2.56 bits per heavy atom. The van der Waals surface area contributed by atoms with Crippen LogP contribution in [0.3, 0.4) is 0 Å². The van der Waals surface area contributed by atoms with Gasteiger partial charge in [0.05, 0.1) is 0 Å². The molecule has 0 unspecified atom stereocenters. The third-order valence-electron chi connectivity index (χ3n) is 6.17. The summed E-state index contributed by atoms with van der Waals surface area (Å²) < 4.78 is 1.90. The highest BCUT2D eigenvalue weighted by molar-refractivity contribution is 8.02. The average molecular weight is 476 g/mol. The van der Waals surface area contributed by atoms with E-state index in [4.69, 9.17) is 11.6 Å². The number of aromatic nitrogens is 1. The number of fused-ring (bicyclic) bond motifs is 1. The van der Waals surface area contributed by atoms with Gasteiger partial charge in [-0.15, -0.1) is 11.8 Å². The van der Waals surface area contributed by atoms with E-state index < -0.39 is 0 Å². The zero-order chi connectivity index (χ0) is 22.9. The Labute approximate surface area is 198 Å². The molecule has 1 saturated carbocycles. The van der Waals surface area contributed by atoms with Crippen LogP contribution in [-0.2, 0) is 13.1 Å². The largest absolute Gasteiger partial charge is 0.396 e. The molecule has 1 aliphatic heterocycles. The number of benzene rings is 1. The number of aliphatic hydroxyl groups is 1. The van der Waals surface area contributed by atoms with Crippen LogP contribution in [0, 0.1) is 0 Å². The van der Waals surface area contributed by atoms with Crippen molar-refractivity contribution in [3.63, 3.8) is 0 Å². The number of halogens is 1. The maximum absolute atomic E-state index is 13.2. The number of aliphatic hydroxyl groups excluding tert-OH is 1. The summed E-state index contributed by atoms with van der Waals surface area (Å²) in [5.74, 6) is -0.202. The van der Waals surface area contributed by atoms with E-state index in [2.05, 4.69) is 19.2 Å². The van der Waals surface area contributed by atoms with Crippen molar-refractivity contribution in [1.29, 1.82) is 0 Å². The highest BCUT2D eigenvalue weighted by Crippen LogP contribution is 2.54. The van der Waals surface area contributed by atoms with E-state index in [0.717, 1.165) is 24.8 Å². The molecule has 1 fully saturated rings. The molecule has 1 aromatic carbocycles. The SMILES string of the molecule is CC(C)(CCO)SC1(CN2CCn3c(C(=O)NCc4ccc(Cl)cc4)ccc3C2=O)CC1. The molecule has 2 amide bonds. The molecule has 8 heteroatoms. The van der Waals surface area contributed by atoms with E-state index in [1.807, 2.05) is 33.4 Å². The molecule has 1 aromatic heterocycles. The molecule has 0 spiro atoms.